The van der Waals surface area contributed by atoms with Crippen molar-refractivity contribution in [1.29, 1.82) is 0 Å². The SMILES string of the molecule is CN1CCC2NCC21. The Labute approximate surface area is 49.9 Å². The molecule has 8 heavy (non-hydrogen) atoms. The van der Waals surface area contributed by atoms with Gasteiger partial charge in [0.05, 0.1) is 0 Å². The molecule has 2 saturated heterocycles. The number of nitrogens with one attached hydrogen (secondary N) is 1. The third-order valence-corrected chi connectivity index (χ3v) is 2.41. The molecule has 0 saturated carbocycles. The second-order valence-corrected chi connectivity index (χ2v) is 2.85. The summed E-state index contributed by atoms with van der Waals surface area (Å²) in [6.07, 6.45) is 1.36. The summed E-state index contributed by atoms with van der Waals surface area (Å²) in [6, 6.07) is 1.73. The molecule has 0 aromatic heterocycles. The van der Waals surface area contributed by atoms with Gasteiger partial charge < -0.3 is 10.2 Å². The fourth-order valence-corrected chi connectivity index (χ4v) is 1.66. The van der Waals surface area contributed by atoms with E-state index in [9.17, 15) is 0 Å². The molecule has 2 heterocycles. The van der Waals surface area contributed by atoms with Crippen LogP contribution in [0.2, 0.25) is 0 Å². The molecular formula is C6H12N2. The molecule has 2 aliphatic heterocycles. The molecule has 2 atom stereocenters. The molecule has 0 amide bonds. The summed E-state index contributed by atoms with van der Waals surface area (Å²) in [4.78, 5) is 2.45. The van der Waals surface area contributed by atoms with Gasteiger partial charge in [0.1, 0.15) is 0 Å². The van der Waals surface area contributed by atoms with Crippen LogP contribution in [-0.4, -0.2) is 37.1 Å². The molecule has 46 valence electrons. The molecule has 0 aliphatic carbocycles. The van der Waals surface area contributed by atoms with Crippen molar-refractivity contribution in [1.82, 2.24) is 10.2 Å². The topological polar surface area (TPSA) is 15.3 Å². The van der Waals surface area contributed by atoms with Crippen molar-refractivity contribution < 1.29 is 0 Å². The minimum Gasteiger partial charge on any atom is -0.311 e. The molecule has 0 spiro atoms. The Kier molecular flexibility index (Phi) is 0.866. The summed E-state index contributed by atoms with van der Waals surface area (Å²) in [7, 11) is 2.21. The summed E-state index contributed by atoms with van der Waals surface area (Å²) >= 11 is 0. The molecule has 0 aromatic rings. The van der Waals surface area contributed by atoms with Crippen LogP contribution in [0.4, 0.5) is 0 Å². The zero-order valence-corrected chi connectivity index (χ0v) is 5.22. The Morgan fingerprint density at radius 3 is 2.75 bits per heavy atom. The molecule has 2 unspecified atom stereocenters. The highest BCUT2D eigenvalue weighted by molar-refractivity contribution is 4.99. The Balaban J connectivity index is 2.05. The highest BCUT2D eigenvalue weighted by Crippen LogP contribution is 2.21. The monoisotopic (exact) mass is 112 g/mol. The van der Waals surface area contributed by atoms with Crippen molar-refractivity contribution in [3.63, 3.8) is 0 Å². The summed E-state index contributed by atoms with van der Waals surface area (Å²) in [5.41, 5.74) is 0. The van der Waals surface area contributed by atoms with Crippen LogP contribution in [-0.2, 0) is 0 Å². The van der Waals surface area contributed by atoms with Gasteiger partial charge in [0.2, 0.25) is 0 Å². The fourth-order valence-electron chi connectivity index (χ4n) is 1.66. The predicted molar refractivity (Wildman–Crippen MR) is 32.8 cm³/mol. The third-order valence-electron chi connectivity index (χ3n) is 2.41. The van der Waals surface area contributed by atoms with E-state index in [0.29, 0.717) is 0 Å². The van der Waals surface area contributed by atoms with E-state index < -0.39 is 0 Å². The van der Waals surface area contributed by atoms with E-state index >= 15 is 0 Å². The smallest absolute Gasteiger partial charge is 0.0371 e. The van der Waals surface area contributed by atoms with Crippen molar-refractivity contribution in [3.05, 3.63) is 0 Å². The molecule has 1 N–H and O–H groups in total. The molecule has 2 heteroatoms. The van der Waals surface area contributed by atoms with Gasteiger partial charge in [-0.25, -0.2) is 0 Å². The number of fused-ring (bicyclic) bond motifs is 1. The number of hydrogen-bond donors (Lipinski definition) is 1. The number of likely N-dealkylation sites (tertiary alicyclic amines) is 1. The summed E-state index contributed by atoms with van der Waals surface area (Å²) in [6.45, 7) is 2.52. The van der Waals surface area contributed by atoms with E-state index in [-0.39, 0.29) is 0 Å². The fraction of sp³-hybridized carbons (Fsp3) is 1.00. The first-order valence-electron chi connectivity index (χ1n) is 3.31. The van der Waals surface area contributed by atoms with Crippen molar-refractivity contribution >= 4 is 0 Å². The van der Waals surface area contributed by atoms with Gasteiger partial charge in [0, 0.05) is 18.6 Å². The van der Waals surface area contributed by atoms with E-state index in [1.807, 2.05) is 0 Å². The van der Waals surface area contributed by atoms with E-state index in [0.717, 1.165) is 12.1 Å². The first-order chi connectivity index (χ1) is 3.88. The van der Waals surface area contributed by atoms with Gasteiger partial charge in [-0.1, -0.05) is 0 Å². The van der Waals surface area contributed by atoms with Crippen molar-refractivity contribution in [3.8, 4) is 0 Å². The van der Waals surface area contributed by atoms with Gasteiger partial charge in [-0.15, -0.1) is 0 Å². The van der Waals surface area contributed by atoms with E-state index in [4.69, 9.17) is 0 Å². The van der Waals surface area contributed by atoms with Crippen molar-refractivity contribution in [2.75, 3.05) is 20.1 Å². The van der Waals surface area contributed by atoms with Gasteiger partial charge >= 0.3 is 0 Å². The van der Waals surface area contributed by atoms with Gasteiger partial charge in [0.25, 0.3) is 0 Å². The number of nitrogens with zero attached hydrogens (tertiary/aromatic N) is 1. The zero-order chi connectivity index (χ0) is 5.56. The number of rotatable bonds is 0. The minimum atomic E-state index is 0.847. The second-order valence-electron chi connectivity index (χ2n) is 2.85. The maximum absolute atomic E-state index is 3.40. The number of hydrogen-bond acceptors (Lipinski definition) is 2. The van der Waals surface area contributed by atoms with Crippen LogP contribution in [0, 0.1) is 0 Å². The lowest BCUT2D eigenvalue weighted by atomic mass is 10.0. The summed E-state index contributed by atoms with van der Waals surface area (Å²) in [5, 5.41) is 3.40. The zero-order valence-electron chi connectivity index (χ0n) is 5.22. The largest absolute Gasteiger partial charge is 0.311 e. The van der Waals surface area contributed by atoms with Crippen molar-refractivity contribution in [2.45, 2.75) is 18.5 Å². The Bertz CT molecular complexity index is 96.7. The van der Waals surface area contributed by atoms with Crippen LogP contribution in [0.25, 0.3) is 0 Å². The lowest BCUT2D eigenvalue weighted by molar-refractivity contribution is 0.206. The standard InChI is InChI=1S/C6H12N2/c1-8-3-2-5-6(8)4-7-5/h5-7H,2-4H2,1H3. The van der Waals surface area contributed by atoms with E-state index in [1.54, 1.807) is 0 Å². The quantitative estimate of drug-likeness (QED) is 0.461. The highest BCUT2D eigenvalue weighted by Gasteiger charge is 2.37. The molecule has 2 rings (SSSR count). The summed E-state index contributed by atoms with van der Waals surface area (Å²) < 4.78 is 0. The molecule has 2 nitrogen and oxygen atoms in total. The molecule has 0 radical (unpaired) electrons. The Morgan fingerprint density at radius 2 is 2.50 bits per heavy atom. The maximum Gasteiger partial charge on any atom is 0.0371 e. The summed E-state index contributed by atoms with van der Waals surface area (Å²) in [5.74, 6) is 0. The molecule has 2 aliphatic rings. The Morgan fingerprint density at radius 1 is 1.62 bits per heavy atom. The van der Waals surface area contributed by atoms with Gasteiger partial charge in [-0.3, -0.25) is 0 Å². The molecule has 0 bridgehead atoms. The second kappa shape index (κ2) is 1.45. The normalized spacial score (nSPS) is 46.1. The van der Waals surface area contributed by atoms with Gasteiger partial charge in [-0.05, 0) is 20.0 Å². The van der Waals surface area contributed by atoms with Crippen molar-refractivity contribution in [2.24, 2.45) is 0 Å². The van der Waals surface area contributed by atoms with Gasteiger partial charge in [0.15, 0.2) is 0 Å². The van der Waals surface area contributed by atoms with Gasteiger partial charge in [-0.2, -0.15) is 0 Å². The van der Waals surface area contributed by atoms with E-state index in [2.05, 4.69) is 17.3 Å². The Hall–Kier alpha value is -0.0800. The molecule has 0 aromatic carbocycles. The van der Waals surface area contributed by atoms with Crippen LogP contribution < -0.4 is 5.32 Å². The predicted octanol–water partition coefficient (Wildman–Crippen LogP) is -0.338. The van der Waals surface area contributed by atoms with Crippen LogP contribution in [0.5, 0.6) is 0 Å². The third kappa shape index (κ3) is 0.446. The van der Waals surface area contributed by atoms with Crippen LogP contribution >= 0.6 is 0 Å². The lowest BCUT2D eigenvalue weighted by Gasteiger charge is -2.35. The molecule has 2 fully saturated rings. The average molecular weight is 112 g/mol. The lowest BCUT2D eigenvalue weighted by Crippen LogP contribution is -2.58. The maximum atomic E-state index is 3.40. The highest BCUT2D eigenvalue weighted by atomic mass is 15.3. The molecular weight excluding hydrogens is 100 g/mol. The van der Waals surface area contributed by atoms with Crippen LogP contribution in [0.1, 0.15) is 6.42 Å². The number of likely N-dealkylation sites (N-methyl/N-ethyl adjacent to an activating group) is 1. The minimum absolute atomic E-state index is 0.847. The van der Waals surface area contributed by atoms with Crippen LogP contribution in [0.3, 0.4) is 0 Å². The first kappa shape index (κ1) is 4.77. The van der Waals surface area contributed by atoms with E-state index in [1.165, 1.54) is 19.5 Å². The van der Waals surface area contributed by atoms with Crippen LogP contribution in [0.15, 0.2) is 0 Å². The average Bonchev–Trinajstić information content (AvgIpc) is 1.80. The first-order valence-corrected chi connectivity index (χ1v) is 3.31.